The predicted octanol–water partition coefficient (Wildman–Crippen LogP) is 3.18. The van der Waals surface area contributed by atoms with E-state index in [1.165, 1.54) is 12.1 Å². The van der Waals surface area contributed by atoms with E-state index in [1.807, 2.05) is 13.8 Å². The van der Waals surface area contributed by atoms with Crippen LogP contribution in [-0.2, 0) is 0 Å². The van der Waals surface area contributed by atoms with Crippen molar-refractivity contribution in [2.24, 2.45) is 0 Å². The Morgan fingerprint density at radius 2 is 2.21 bits per heavy atom. The Morgan fingerprint density at radius 3 is 2.84 bits per heavy atom. The summed E-state index contributed by atoms with van der Waals surface area (Å²) < 4.78 is 18.7. The minimum atomic E-state index is -0.600. The summed E-state index contributed by atoms with van der Waals surface area (Å²) in [4.78, 5) is 0. The number of halogens is 1. The average molecular weight is 264 g/mol. The number of nitriles is 1. The Kier molecular flexibility index (Phi) is 5.78. The Bertz CT molecular complexity index is 456. The molecule has 1 unspecified atom stereocenters. The molecule has 0 saturated heterocycles. The summed E-state index contributed by atoms with van der Waals surface area (Å²) in [5.74, 6) is 0.225. The summed E-state index contributed by atoms with van der Waals surface area (Å²) in [6.07, 6.45) is 1.53. The lowest BCUT2D eigenvalue weighted by Crippen LogP contribution is -2.42. The molecular weight excluding hydrogens is 243 g/mol. The molecule has 0 spiro atoms. The van der Waals surface area contributed by atoms with Gasteiger partial charge in [-0.25, -0.2) is 4.39 Å². The molecule has 0 aliphatic heterocycles. The van der Waals surface area contributed by atoms with Crippen LogP contribution in [0.5, 0.6) is 5.75 Å². The van der Waals surface area contributed by atoms with Crippen molar-refractivity contribution in [1.29, 1.82) is 5.26 Å². The van der Waals surface area contributed by atoms with Gasteiger partial charge in [-0.15, -0.1) is 0 Å². The van der Waals surface area contributed by atoms with Crippen molar-refractivity contribution >= 4 is 0 Å². The van der Waals surface area contributed by atoms with Gasteiger partial charge in [0.05, 0.1) is 12.7 Å². The number of ether oxygens (including phenoxy) is 1. The zero-order valence-electron chi connectivity index (χ0n) is 11.8. The van der Waals surface area contributed by atoms with Gasteiger partial charge in [-0.1, -0.05) is 13.0 Å². The average Bonchev–Trinajstić information content (AvgIpc) is 2.40. The molecule has 0 saturated carbocycles. The highest BCUT2D eigenvalue weighted by molar-refractivity contribution is 5.32. The van der Waals surface area contributed by atoms with Gasteiger partial charge in [0, 0.05) is 12.5 Å². The number of benzene rings is 1. The number of rotatable bonds is 7. The van der Waals surface area contributed by atoms with Crippen molar-refractivity contribution in [1.82, 2.24) is 5.32 Å². The predicted molar refractivity (Wildman–Crippen MR) is 73.6 cm³/mol. The fourth-order valence-corrected chi connectivity index (χ4v) is 1.68. The highest BCUT2D eigenvalue weighted by Gasteiger charge is 2.22. The fourth-order valence-electron chi connectivity index (χ4n) is 1.68. The van der Waals surface area contributed by atoms with E-state index in [0.29, 0.717) is 18.8 Å². The van der Waals surface area contributed by atoms with Crippen LogP contribution >= 0.6 is 0 Å². The monoisotopic (exact) mass is 264 g/mol. The van der Waals surface area contributed by atoms with Gasteiger partial charge < -0.3 is 4.74 Å². The Hall–Kier alpha value is -1.60. The molecule has 19 heavy (non-hydrogen) atoms. The van der Waals surface area contributed by atoms with Crippen molar-refractivity contribution in [2.45, 2.75) is 39.2 Å². The Labute approximate surface area is 114 Å². The molecule has 1 aromatic rings. The van der Waals surface area contributed by atoms with Crippen LogP contribution in [0.1, 0.15) is 32.3 Å². The smallest absolute Gasteiger partial charge is 0.126 e. The third-order valence-electron chi connectivity index (χ3n) is 3.02. The summed E-state index contributed by atoms with van der Waals surface area (Å²) in [5.41, 5.74) is 0.290. The highest BCUT2D eigenvalue weighted by Crippen LogP contribution is 2.19. The first kappa shape index (κ1) is 15.5. The van der Waals surface area contributed by atoms with Crippen molar-refractivity contribution < 1.29 is 9.13 Å². The minimum Gasteiger partial charge on any atom is -0.493 e. The summed E-state index contributed by atoms with van der Waals surface area (Å²) >= 11 is 0. The SMILES string of the molecule is CCCNC(C)(C#N)CCOc1cc(F)ccc1C. The van der Waals surface area contributed by atoms with Crippen LogP contribution in [0, 0.1) is 24.1 Å². The van der Waals surface area contributed by atoms with E-state index in [9.17, 15) is 9.65 Å². The third-order valence-corrected chi connectivity index (χ3v) is 3.02. The molecule has 0 radical (unpaired) electrons. The fraction of sp³-hybridized carbons (Fsp3) is 0.533. The first-order valence-corrected chi connectivity index (χ1v) is 6.56. The van der Waals surface area contributed by atoms with Crippen LogP contribution in [0.15, 0.2) is 18.2 Å². The Balaban J connectivity index is 2.53. The van der Waals surface area contributed by atoms with E-state index in [1.54, 1.807) is 6.07 Å². The Morgan fingerprint density at radius 1 is 1.47 bits per heavy atom. The molecule has 0 aliphatic rings. The van der Waals surface area contributed by atoms with Crippen molar-refractivity contribution in [3.8, 4) is 11.8 Å². The number of nitrogens with one attached hydrogen (secondary N) is 1. The van der Waals surface area contributed by atoms with Crippen LogP contribution in [0.25, 0.3) is 0 Å². The van der Waals surface area contributed by atoms with Gasteiger partial charge in [0.15, 0.2) is 0 Å². The van der Waals surface area contributed by atoms with E-state index >= 15 is 0 Å². The van der Waals surface area contributed by atoms with Crippen LogP contribution in [0.2, 0.25) is 0 Å². The molecule has 0 fully saturated rings. The second kappa shape index (κ2) is 7.10. The van der Waals surface area contributed by atoms with Gasteiger partial charge in [0.1, 0.15) is 17.1 Å². The molecule has 0 bridgehead atoms. The van der Waals surface area contributed by atoms with Gasteiger partial charge >= 0.3 is 0 Å². The largest absolute Gasteiger partial charge is 0.493 e. The maximum absolute atomic E-state index is 13.1. The van der Waals surface area contributed by atoms with Crippen LogP contribution in [-0.4, -0.2) is 18.7 Å². The standard InChI is InChI=1S/C15H21FN2O/c1-4-8-18-15(3,11-17)7-9-19-14-10-13(16)6-5-12(14)2/h5-6,10,18H,4,7-9H2,1-3H3. The lowest BCUT2D eigenvalue weighted by Gasteiger charge is -2.23. The molecule has 0 heterocycles. The zero-order valence-corrected chi connectivity index (χ0v) is 11.8. The van der Waals surface area contributed by atoms with E-state index < -0.39 is 5.54 Å². The van der Waals surface area contributed by atoms with Gasteiger partial charge in [0.2, 0.25) is 0 Å². The van der Waals surface area contributed by atoms with Gasteiger partial charge in [0.25, 0.3) is 0 Å². The van der Waals surface area contributed by atoms with E-state index in [4.69, 9.17) is 4.74 Å². The number of nitrogens with zero attached hydrogens (tertiary/aromatic N) is 1. The summed E-state index contributed by atoms with van der Waals surface area (Å²) in [6, 6.07) is 6.73. The molecule has 1 N–H and O–H groups in total. The number of hydrogen-bond donors (Lipinski definition) is 1. The molecule has 1 aromatic carbocycles. The second-order valence-electron chi connectivity index (χ2n) is 4.88. The van der Waals surface area contributed by atoms with E-state index in [2.05, 4.69) is 18.3 Å². The topological polar surface area (TPSA) is 45.0 Å². The maximum Gasteiger partial charge on any atom is 0.126 e. The van der Waals surface area contributed by atoms with Crippen LogP contribution in [0.3, 0.4) is 0 Å². The summed E-state index contributed by atoms with van der Waals surface area (Å²) in [5, 5.41) is 12.4. The molecule has 0 aromatic heterocycles. The molecule has 3 nitrogen and oxygen atoms in total. The van der Waals surface area contributed by atoms with Crippen LogP contribution in [0.4, 0.5) is 4.39 Å². The van der Waals surface area contributed by atoms with Gasteiger partial charge in [-0.3, -0.25) is 5.32 Å². The molecule has 1 rings (SSSR count). The van der Waals surface area contributed by atoms with Crippen molar-refractivity contribution in [3.63, 3.8) is 0 Å². The highest BCUT2D eigenvalue weighted by atomic mass is 19.1. The van der Waals surface area contributed by atoms with E-state index in [-0.39, 0.29) is 5.82 Å². The zero-order chi connectivity index (χ0) is 14.3. The third kappa shape index (κ3) is 4.88. The molecule has 104 valence electrons. The van der Waals surface area contributed by atoms with E-state index in [0.717, 1.165) is 18.5 Å². The van der Waals surface area contributed by atoms with Crippen molar-refractivity contribution in [2.75, 3.05) is 13.2 Å². The number of aryl methyl sites for hydroxylation is 1. The molecule has 1 atom stereocenters. The summed E-state index contributed by atoms with van der Waals surface area (Å²) in [6.45, 7) is 6.95. The minimum absolute atomic E-state index is 0.312. The quantitative estimate of drug-likeness (QED) is 0.822. The lowest BCUT2D eigenvalue weighted by molar-refractivity contribution is 0.265. The molecule has 4 heteroatoms. The molecule has 0 amide bonds. The normalized spacial score (nSPS) is 13.6. The first-order chi connectivity index (χ1) is 9.00. The lowest BCUT2D eigenvalue weighted by atomic mass is 10.0. The van der Waals surface area contributed by atoms with Crippen molar-refractivity contribution in [3.05, 3.63) is 29.6 Å². The summed E-state index contributed by atoms with van der Waals surface area (Å²) in [7, 11) is 0. The maximum atomic E-state index is 13.1. The van der Waals surface area contributed by atoms with Gasteiger partial charge in [-0.2, -0.15) is 5.26 Å². The second-order valence-corrected chi connectivity index (χ2v) is 4.88. The first-order valence-electron chi connectivity index (χ1n) is 6.56. The van der Waals surface area contributed by atoms with Gasteiger partial charge in [-0.05, 0) is 38.4 Å². The number of hydrogen-bond acceptors (Lipinski definition) is 3. The molecular formula is C15H21FN2O. The molecule has 0 aliphatic carbocycles. The van der Waals surface area contributed by atoms with Crippen LogP contribution < -0.4 is 10.1 Å².